The molecule has 154 valence electrons. The minimum atomic E-state index is -0.194. The first kappa shape index (κ1) is 19.5. The molecule has 5 rings (SSSR count). The number of aromatic nitrogens is 1. The van der Waals surface area contributed by atoms with Crippen LogP contribution in [0.25, 0.3) is 20.8 Å². The number of rotatable bonds is 5. The molecule has 0 radical (unpaired) electrons. The Labute approximate surface area is 184 Å². The van der Waals surface area contributed by atoms with E-state index in [0.717, 1.165) is 37.7 Å². The largest absolute Gasteiger partial charge is 0.326 e. The van der Waals surface area contributed by atoms with Crippen LogP contribution in [-0.2, 0) is 16.0 Å². The van der Waals surface area contributed by atoms with Crippen LogP contribution in [-0.4, -0.2) is 16.8 Å². The summed E-state index contributed by atoms with van der Waals surface area (Å²) < 4.78 is 1.11. The zero-order valence-electron chi connectivity index (χ0n) is 16.8. The summed E-state index contributed by atoms with van der Waals surface area (Å²) in [4.78, 5) is 29.8. The van der Waals surface area contributed by atoms with Crippen LogP contribution >= 0.6 is 11.3 Å². The number of fused-ring (bicyclic) bond motifs is 2. The second-order valence-corrected chi connectivity index (χ2v) is 8.70. The van der Waals surface area contributed by atoms with Crippen molar-refractivity contribution in [3.05, 3.63) is 78.4 Å². The maximum Gasteiger partial charge on any atom is 0.227 e. The number of thiazole rings is 1. The van der Waals surface area contributed by atoms with Crippen molar-refractivity contribution in [2.75, 3.05) is 10.6 Å². The molecule has 1 aliphatic heterocycles. The lowest BCUT2D eigenvalue weighted by atomic mass is 9.89. The summed E-state index contributed by atoms with van der Waals surface area (Å²) in [6.07, 6.45) is 1.46. The van der Waals surface area contributed by atoms with Crippen molar-refractivity contribution in [3.8, 4) is 10.6 Å². The van der Waals surface area contributed by atoms with Gasteiger partial charge in [0.2, 0.25) is 11.8 Å². The van der Waals surface area contributed by atoms with E-state index in [-0.39, 0.29) is 24.2 Å². The molecule has 1 atom stereocenters. The molecule has 1 unspecified atom stereocenters. The highest BCUT2D eigenvalue weighted by molar-refractivity contribution is 7.21. The highest BCUT2D eigenvalue weighted by atomic mass is 32.1. The Morgan fingerprint density at radius 3 is 2.71 bits per heavy atom. The maximum absolute atomic E-state index is 12.7. The van der Waals surface area contributed by atoms with Crippen LogP contribution in [0.4, 0.5) is 11.4 Å². The number of nitrogens with zero attached hydrogens (tertiary/aromatic N) is 1. The van der Waals surface area contributed by atoms with Gasteiger partial charge >= 0.3 is 0 Å². The Morgan fingerprint density at radius 2 is 1.81 bits per heavy atom. The highest BCUT2D eigenvalue weighted by Gasteiger charge is 2.26. The lowest BCUT2D eigenvalue weighted by molar-refractivity contribution is -0.121. The molecule has 6 heteroatoms. The first-order chi connectivity index (χ1) is 15.2. The molecule has 2 amide bonds. The second-order valence-electron chi connectivity index (χ2n) is 7.67. The molecule has 2 heterocycles. The summed E-state index contributed by atoms with van der Waals surface area (Å²) in [5, 5.41) is 6.85. The van der Waals surface area contributed by atoms with Gasteiger partial charge in [-0.1, -0.05) is 42.5 Å². The van der Waals surface area contributed by atoms with Gasteiger partial charge in [0, 0.05) is 23.6 Å². The number of amides is 2. The van der Waals surface area contributed by atoms with E-state index in [2.05, 4.69) is 10.6 Å². The summed E-state index contributed by atoms with van der Waals surface area (Å²) in [5.41, 5.74) is 4.59. The highest BCUT2D eigenvalue weighted by Crippen LogP contribution is 2.34. The van der Waals surface area contributed by atoms with Gasteiger partial charge in [0.05, 0.1) is 15.9 Å². The summed E-state index contributed by atoms with van der Waals surface area (Å²) in [6.45, 7) is 0. The minimum absolute atomic E-state index is 0.0126. The van der Waals surface area contributed by atoms with Gasteiger partial charge in [-0.3, -0.25) is 9.59 Å². The van der Waals surface area contributed by atoms with Crippen LogP contribution < -0.4 is 10.6 Å². The van der Waals surface area contributed by atoms with Gasteiger partial charge in [-0.15, -0.1) is 11.3 Å². The number of hydrogen-bond donors (Lipinski definition) is 2. The van der Waals surface area contributed by atoms with E-state index in [1.807, 2.05) is 72.8 Å². The van der Waals surface area contributed by atoms with Gasteiger partial charge in [-0.2, -0.15) is 0 Å². The summed E-state index contributed by atoms with van der Waals surface area (Å²) in [5.74, 6) is -0.304. The number of carbonyl (C=O) groups is 2. The molecular formula is C25H21N3O2S. The monoisotopic (exact) mass is 427 g/mol. The fourth-order valence-electron chi connectivity index (χ4n) is 3.93. The summed E-state index contributed by atoms with van der Waals surface area (Å²) in [7, 11) is 0. The van der Waals surface area contributed by atoms with Crippen LogP contribution in [0.2, 0.25) is 0 Å². The second kappa shape index (κ2) is 8.32. The van der Waals surface area contributed by atoms with Crippen molar-refractivity contribution in [1.29, 1.82) is 0 Å². The van der Waals surface area contributed by atoms with Gasteiger partial charge in [0.1, 0.15) is 5.01 Å². The molecule has 1 aliphatic rings. The first-order valence-electron chi connectivity index (χ1n) is 10.3. The van der Waals surface area contributed by atoms with Crippen molar-refractivity contribution in [2.24, 2.45) is 5.92 Å². The van der Waals surface area contributed by atoms with E-state index in [0.29, 0.717) is 12.8 Å². The van der Waals surface area contributed by atoms with Gasteiger partial charge in [-0.05, 0) is 48.7 Å². The fraction of sp³-hybridized carbons (Fsp3) is 0.160. The molecule has 0 saturated heterocycles. The van der Waals surface area contributed by atoms with Crippen molar-refractivity contribution in [3.63, 3.8) is 0 Å². The number of nitrogens with one attached hydrogen (secondary N) is 2. The third-order valence-electron chi connectivity index (χ3n) is 5.56. The Bertz CT molecular complexity index is 1250. The Kier molecular flexibility index (Phi) is 5.22. The van der Waals surface area contributed by atoms with Crippen LogP contribution in [0.1, 0.15) is 18.4 Å². The standard InChI is InChI=1S/C25H21N3O2S/c29-23(14-13-17-15-16-7-1-3-9-19(16)27-24(17)30)26-20-10-4-2-8-18(20)25-28-21-11-5-6-12-22(21)31-25/h1-12,17H,13-15H2,(H,26,29)(H,27,30). The normalized spacial score (nSPS) is 15.4. The molecule has 0 fully saturated rings. The smallest absolute Gasteiger partial charge is 0.227 e. The molecular weight excluding hydrogens is 406 g/mol. The van der Waals surface area contributed by atoms with Gasteiger partial charge in [-0.25, -0.2) is 4.98 Å². The summed E-state index contributed by atoms with van der Waals surface area (Å²) >= 11 is 1.61. The Balaban J connectivity index is 1.28. The molecule has 2 N–H and O–H groups in total. The third-order valence-corrected chi connectivity index (χ3v) is 6.63. The molecule has 1 aromatic heterocycles. The molecule has 3 aromatic carbocycles. The third kappa shape index (κ3) is 4.07. The molecule has 31 heavy (non-hydrogen) atoms. The number of para-hydroxylation sites is 3. The minimum Gasteiger partial charge on any atom is -0.326 e. The molecule has 0 aliphatic carbocycles. The molecule has 5 nitrogen and oxygen atoms in total. The average Bonchev–Trinajstić information content (AvgIpc) is 3.22. The Hall–Kier alpha value is -3.51. The molecule has 0 spiro atoms. The van der Waals surface area contributed by atoms with E-state index in [1.165, 1.54) is 0 Å². The zero-order chi connectivity index (χ0) is 21.2. The van der Waals surface area contributed by atoms with Crippen LogP contribution in [0.5, 0.6) is 0 Å². The van der Waals surface area contributed by atoms with Gasteiger partial charge in [0.15, 0.2) is 0 Å². The van der Waals surface area contributed by atoms with Crippen molar-refractivity contribution in [2.45, 2.75) is 19.3 Å². The predicted octanol–water partition coefficient (Wildman–Crippen LogP) is 5.49. The molecule has 0 saturated carbocycles. The van der Waals surface area contributed by atoms with Crippen molar-refractivity contribution in [1.82, 2.24) is 4.98 Å². The number of carbonyl (C=O) groups excluding carboxylic acids is 2. The first-order valence-corrected chi connectivity index (χ1v) is 11.1. The topological polar surface area (TPSA) is 71.1 Å². The molecule has 0 bridgehead atoms. The lowest BCUT2D eigenvalue weighted by Gasteiger charge is -2.24. The van der Waals surface area contributed by atoms with E-state index in [9.17, 15) is 9.59 Å². The quantitative estimate of drug-likeness (QED) is 0.442. The SMILES string of the molecule is O=C(CCC1Cc2ccccc2NC1=O)Nc1ccccc1-c1nc2ccccc2s1. The van der Waals surface area contributed by atoms with Crippen molar-refractivity contribution >= 4 is 44.7 Å². The van der Waals surface area contributed by atoms with Crippen molar-refractivity contribution < 1.29 is 9.59 Å². The van der Waals surface area contributed by atoms with Crippen LogP contribution in [0, 0.1) is 5.92 Å². The maximum atomic E-state index is 12.7. The number of benzene rings is 3. The van der Waals surface area contributed by atoms with E-state index < -0.39 is 0 Å². The van der Waals surface area contributed by atoms with Gasteiger partial charge in [0.25, 0.3) is 0 Å². The number of anilines is 2. The van der Waals surface area contributed by atoms with E-state index in [4.69, 9.17) is 4.98 Å². The number of hydrogen-bond acceptors (Lipinski definition) is 4. The van der Waals surface area contributed by atoms with E-state index in [1.54, 1.807) is 11.3 Å². The lowest BCUT2D eigenvalue weighted by Crippen LogP contribution is -2.30. The predicted molar refractivity (Wildman–Crippen MR) is 125 cm³/mol. The van der Waals surface area contributed by atoms with Crippen LogP contribution in [0.15, 0.2) is 72.8 Å². The molecule has 4 aromatic rings. The van der Waals surface area contributed by atoms with Crippen LogP contribution in [0.3, 0.4) is 0 Å². The zero-order valence-corrected chi connectivity index (χ0v) is 17.6. The average molecular weight is 428 g/mol. The summed E-state index contributed by atoms with van der Waals surface area (Å²) in [6, 6.07) is 23.5. The van der Waals surface area contributed by atoms with Gasteiger partial charge < -0.3 is 10.6 Å². The fourth-order valence-corrected chi connectivity index (χ4v) is 4.94. The Morgan fingerprint density at radius 1 is 1.03 bits per heavy atom. The van der Waals surface area contributed by atoms with E-state index >= 15 is 0 Å².